The first-order valence-corrected chi connectivity index (χ1v) is 10.3. The van der Waals surface area contributed by atoms with E-state index in [2.05, 4.69) is 9.24 Å². The van der Waals surface area contributed by atoms with Crippen molar-refractivity contribution in [3.05, 3.63) is 52.1 Å². The quantitative estimate of drug-likeness (QED) is 0.544. The Balaban J connectivity index is 2.46. The first-order valence-electron chi connectivity index (χ1n) is 9.77. The molecule has 30 heavy (non-hydrogen) atoms. The number of hydrogen-bond acceptors (Lipinski definition) is 4. The molecule has 3 aromatic rings. The lowest BCUT2D eigenvalue weighted by Crippen LogP contribution is -2.10. The van der Waals surface area contributed by atoms with Crippen molar-refractivity contribution in [2.75, 3.05) is 14.2 Å². The molecule has 0 saturated heterocycles. The average Bonchev–Trinajstić information content (AvgIpc) is 2.72. The molecule has 3 aromatic carbocycles. The Kier molecular flexibility index (Phi) is 6.01. The van der Waals surface area contributed by atoms with Gasteiger partial charge in [-0.2, -0.15) is 0 Å². The van der Waals surface area contributed by atoms with Gasteiger partial charge in [-0.3, -0.25) is 0 Å². The van der Waals surface area contributed by atoms with Gasteiger partial charge in [0.2, 0.25) is 0 Å². The van der Waals surface area contributed by atoms with Crippen LogP contribution in [0.5, 0.6) is 23.0 Å². The van der Waals surface area contributed by atoms with E-state index >= 15 is 0 Å². The second-order valence-corrected chi connectivity index (χ2v) is 8.30. The van der Waals surface area contributed by atoms with Crippen LogP contribution in [-0.2, 0) is 0 Å². The molecule has 0 aliphatic heterocycles. The van der Waals surface area contributed by atoms with E-state index in [4.69, 9.17) is 9.47 Å². The molecule has 0 fully saturated rings. The zero-order chi connectivity index (χ0) is 22.3. The lowest BCUT2D eigenvalue weighted by Gasteiger charge is -2.23. The van der Waals surface area contributed by atoms with Gasteiger partial charge in [0, 0.05) is 11.1 Å². The molecule has 158 valence electrons. The van der Waals surface area contributed by atoms with Gasteiger partial charge in [0.25, 0.3) is 0 Å². The van der Waals surface area contributed by atoms with Crippen molar-refractivity contribution in [1.29, 1.82) is 0 Å². The third-order valence-corrected chi connectivity index (χ3v) is 6.73. The maximum atomic E-state index is 10.9. The molecule has 0 bridgehead atoms. The summed E-state index contributed by atoms with van der Waals surface area (Å²) in [5, 5.41) is 22.8. The van der Waals surface area contributed by atoms with Crippen LogP contribution in [0.4, 0.5) is 0 Å². The van der Waals surface area contributed by atoms with Crippen molar-refractivity contribution in [2.24, 2.45) is 0 Å². The normalized spacial score (nSPS) is 10.9. The number of phenolic OH excluding ortho intramolecular Hbond substituents is 2. The lowest BCUT2D eigenvalue weighted by molar-refractivity contribution is 0.412. The van der Waals surface area contributed by atoms with Gasteiger partial charge in [0.1, 0.15) is 23.0 Å². The predicted molar refractivity (Wildman–Crippen MR) is 127 cm³/mol. The molecule has 0 saturated carbocycles. The molecule has 0 amide bonds. The van der Waals surface area contributed by atoms with Gasteiger partial charge < -0.3 is 19.7 Å². The van der Waals surface area contributed by atoms with Crippen molar-refractivity contribution in [3.8, 4) is 45.3 Å². The third kappa shape index (κ3) is 3.50. The third-order valence-electron chi connectivity index (χ3n) is 5.87. The van der Waals surface area contributed by atoms with Crippen LogP contribution in [0.25, 0.3) is 22.3 Å². The molecule has 0 heterocycles. The summed E-state index contributed by atoms with van der Waals surface area (Å²) in [5.41, 5.74) is 7.87. The molecule has 0 radical (unpaired) electrons. The Hall–Kier alpha value is -2.71. The number of rotatable bonds is 4. The fourth-order valence-corrected chi connectivity index (χ4v) is 4.44. The van der Waals surface area contributed by atoms with Crippen LogP contribution in [0.3, 0.4) is 0 Å². The van der Waals surface area contributed by atoms with E-state index < -0.39 is 0 Å². The zero-order valence-electron chi connectivity index (χ0n) is 18.6. The summed E-state index contributed by atoms with van der Waals surface area (Å²) < 4.78 is 10.9. The highest BCUT2D eigenvalue weighted by Gasteiger charge is 2.23. The number of ether oxygens (including phenoxy) is 2. The molecule has 0 aliphatic rings. The summed E-state index contributed by atoms with van der Waals surface area (Å²) in [6.45, 7) is 9.84. The molecular formula is C25H29O4P. The van der Waals surface area contributed by atoms with Gasteiger partial charge in [-0.1, -0.05) is 0 Å². The van der Waals surface area contributed by atoms with Crippen molar-refractivity contribution in [2.45, 2.75) is 34.6 Å². The van der Waals surface area contributed by atoms with Gasteiger partial charge in [-0.25, -0.2) is 0 Å². The average molecular weight is 424 g/mol. The van der Waals surface area contributed by atoms with E-state index in [0.29, 0.717) is 22.6 Å². The van der Waals surface area contributed by atoms with Crippen LogP contribution in [-0.4, -0.2) is 24.4 Å². The van der Waals surface area contributed by atoms with Gasteiger partial charge in [-0.15, -0.1) is 9.24 Å². The van der Waals surface area contributed by atoms with E-state index in [1.165, 1.54) is 0 Å². The Labute approximate surface area is 180 Å². The van der Waals surface area contributed by atoms with Crippen LogP contribution in [0.2, 0.25) is 0 Å². The molecule has 1 unspecified atom stereocenters. The van der Waals surface area contributed by atoms with Crippen LogP contribution in [0.1, 0.15) is 27.8 Å². The topological polar surface area (TPSA) is 58.9 Å². The van der Waals surface area contributed by atoms with Crippen molar-refractivity contribution in [3.63, 3.8) is 0 Å². The van der Waals surface area contributed by atoms with E-state index in [-0.39, 0.29) is 11.5 Å². The lowest BCUT2D eigenvalue weighted by atomic mass is 9.84. The first-order chi connectivity index (χ1) is 14.1. The number of aromatic hydroxyl groups is 2. The summed E-state index contributed by atoms with van der Waals surface area (Å²) in [4.78, 5) is 0. The summed E-state index contributed by atoms with van der Waals surface area (Å²) in [6.07, 6.45) is 0. The molecule has 1 atom stereocenters. The molecule has 0 spiro atoms. The highest BCUT2D eigenvalue weighted by atomic mass is 31.0. The van der Waals surface area contributed by atoms with Gasteiger partial charge >= 0.3 is 0 Å². The first kappa shape index (κ1) is 22.0. The monoisotopic (exact) mass is 424 g/mol. The van der Waals surface area contributed by atoms with Crippen LogP contribution in [0.15, 0.2) is 24.3 Å². The highest BCUT2D eigenvalue weighted by Crippen LogP contribution is 2.45. The fraction of sp³-hybridized carbons (Fsp3) is 0.280. The van der Waals surface area contributed by atoms with E-state index in [9.17, 15) is 10.2 Å². The van der Waals surface area contributed by atoms with Crippen LogP contribution < -0.4 is 14.8 Å². The number of benzene rings is 3. The van der Waals surface area contributed by atoms with Crippen molar-refractivity contribution >= 4 is 14.5 Å². The largest absolute Gasteiger partial charge is 0.507 e. The minimum atomic E-state index is 0.229. The zero-order valence-corrected chi connectivity index (χ0v) is 19.8. The SMILES string of the molecule is COc1cc(C)c(O)c(-c2c(C)c(P)c(C)c(-c3cc(OC)cc(C)c3O)c2C)c1. The Morgan fingerprint density at radius 3 is 1.33 bits per heavy atom. The van der Waals surface area contributed by atoms with Gasteiger partial charge in [-0.05, 0) is 103 Å². The standard InChI is InChI=1S/C25H29O4P/c1-12-8-17(28-6)10-19(23(12)26)21-14(3)22(16(5)25(30)15(21)4)20-11-18(29-7)9-13(2)24(20)27/h8-11,26-27H,30H2,1-7H3. The van der Waals surface area contributed by atoms with Crippen LogP contribution in [0, 0.1) is 34.6 Å². The molecule has 4 nitrogen and oxygen atoms in total. The Morgan fingerprint density at radius 2 is 1.00 bits per heavy atom. The summed E-state index contributed by atoms with van der Waals surface area (Å²) in [6, 6.07) is 7.35. The van der Waals surface area contributed by atoms with E-state index in [0.717, 1.165) is 44.2 Å². The minimum Gasteiger partial charge on any atom is -0.507 e. The van der Waals surface area contributed by atoms with E-state index in [1.54, 1.807) is 14.2 Å². The fourth-order valence-electron chi connectivity index (χ4n) is 4.16. The highest BCUT2D eigenvalue weighted by molar-refractivity contribution is 7.27. The number of methoxy groups -OCH3 is 2. The number of aryl methyl sites for hydroxylation is 2. The molecule has 2 N–H and O–H groups in total. The minimum absolute atomic E-state index is 0.229. The molecule has 0 aromatic heterocycles. The van der Waals surface area contributed by atoms with Crippen LogP contribution >= 0.6 is 9.24 Å². The smallest absolute Gasteiger partial charge is 0.126 e. The molecule has 3 rings (SSSR count). The molecule has 5 heteroatoms. The molecule has 0 aliphatic carbocycles. The Morgan fingerprint density at radius 1 is 0.633 bits per heavy atom. The Bertz CT molecular complexity index is 1060. The molecular weight excluding hydrogens is 395 g/mol. The van der Waals surface area contributed by atoms with Crippen molar-refractivity contribution < 1.29 is 19.7 Å². The maximum Gasteiger partial charge on any atom is 0.126 e. The van der Waals surface area contributed by atoms with Crippen molar-refractivity contribution in [1.82, 2.24) is 0 Å². The van der Waals surface area contributed by atoms with Gasteiger partial charge in [0.05, 0.1) is 14.2 Å². The van der Waals surface area contributed by atoms with Gasteiger partial charge in [0.15, 0.2) is 0 Å². The summed E-state index contributed by atoms with van der Waals surface area (Å²) in [7, 11) is 6.05. The summed E-state index contributed by atoms with van der Waals surface area (Å²) >= 11 is 0. The predicted octanol–water partition coefficient (Wildman–Crippen LogP) is 5.49. The second kappa shape index (κ2) is 8.20. The number of hydrogen-bond donors (Lipinski definition) is 2. The summed E-state index contributed by atoms with van der Waals surface area (Å²) in [5.74, 6) is 1.83. The second-order valence-electron chi connectivity index (χ2n) is 7.72. The number of phenols is 2. The van der Waals surface area contributed by atoms with E-state index in [1.807, 2.05) is 58.9 Å². The maximum absolute atomic E-state index is 10.9.